The molecule has 23 heavy (non-hydrogen) atoms. The summed E-state index contributed by atoms with van der Waals surface area (Å²) in [5, 5.41) is 5.99. The first kappa shape index (κ1) is 17.7. The van der Waals surface area contributed by atoms with E-state index in [0.29, 0.717) is 18.1 Å². The molecule has 0 spiro atoms. The maximum atomic E-state index is 11.6. The maximum Gasteiger partial charge on any atom is 0.226 e. The van der Waals surface area contributed by atoms with Gasteiger partial charge in [0.05, 0.1) is 6.10 Å². The molecule has 6 heteroatoms. The topological polar surface area (TPSA) is 59.6 Å². The van der Waals surface area contributed by atoms with Gasteiger partial charge in [0.1, 0.15) is 12.4 Å². The minimum atomic E-state index is -0.0548. The summed E-state index contributed by atoms with van der Waals surface area (Å²) in [5.74, 6) is 0.741. The minimum absolute atomic E-state index is 0.0548. The average molecular weight is 336 g/mol. The zero-order valence-electron chi connectivity index (χ0n) is 13.5. The molecule has 1 fully saturated rings. The Hall–Kier alpha value is -1.66. The van der Waals surface area contributed by atoms with Crippen LogP contribution in [0.1, 0.15) is 39.0 Å². The third kappa shape index (κ3) is 6.54. The van der Waals surface area contributed by atoms with Gasteiger partial charge in [-0.1, -0.05) is 13.3 Å². The van der Waals surface area contributed by atoms with Crippen LogP contribution in [0.25, 0.3) is 0 Å². The van der Waals surface area contributed by atoms with Crippen LogP contribution in [-0.4, -0.2) is 30.3 Å². The van der Waals surface area contributed by atoms with Gasteiger partial charge >= 0.3 is 0 Å². The summed E-state index contributed by atoms with van der Waals surface area (Å²) in [6.07, 6.45) is 4.73. The van der Waals surface area contributed by atoms with E-state index in [1.165, 1.54) is 0 Å². The number of benzene rings is 1. The molecule has 1 aliphatic rings. The highest BCUT2D eigenvalue weighted by molar-refractivity contribution is 7.80. The number of thiocarbonyl (C=S) groups is 1. The van der Waals surface area contributed by atoms with Crippen molar-refractivity contribution in [2.75, 3.05) is 18.5 Å². The summed E-state index contributed by atoms with van der Waals surface area (Å²) in [6.45, 7) is 3.46. The summed E-state index contributed by atoms with van der Waals surface area (Å²) < 4.78 is 11.2. The van der Waals surface area contributed by atoms with Crippen LogP contribution >= 0.6 is 12.2 Å². The van der Waals surface area contributed by atoms with E-state index < -0.39 is 0 Å². The van der Waals surface area contributed by atoms with Crippen molar-refractivity contribution >= 4 is 28.9 Å². The number of carbonyl (C=O) groups excluding carboxylic acids is 1. The molecule has 1 saturated heterocycles. The Morgan fingerprint density at radius 2 is 2.17 bits per heavy atom. The molecule has 126 valence electrons. The number of rotatable bonds is 7. The van der Waals surface area contributed by atoms with Crippen LogP contribution in [0.15, 0.2) is 24.3 Å². The lowest BCUT2D eigenvalue weighted by Crippen LogP contribution is -2.33. The molecule has 2 rings (SSSR count). The van der Waals surface area contributed by atoms with Crippen LogP contribution in [0.2, 0.25) is 0 Å². The molecule has 0 aliphatic carbocycles. The Balaban J connectivity index is 1.73. The lowest BCUT2D eigenvalue weighted by molar-refractivity contribution is -0.119. The predicted molar refractivity (Wildman–Crippen MR) is 94.8 cm³/mol. The first-order chi connectivity index (χ1) is 11.2. The average Bonchev–Trinajstić information content (AvgIpc) is 3.05. The van der Waals surface area contributed by atoms with Gasteiger partial charge in [0.15, 0.2) is 5.11 Å². The zero-order chi connectivity index (χ0) is 16.5. The fourth-order valence-electron chi connectivity index (χ4n) is 2.29. The van der Waals surface area contributed by atoms with Crippen LogP contribution < -0.4 is 15.4 Å². The van der Waals surface area contributed by atoms with Crippen molar-refractivity contribution in [3.05, 3.63) is 24.3 Å². The number of ether oxygens (including phenoxy) is 2. The Morgan fingerprint density at radius 1 is 1.39 bits per heavy atom. The standard InChI is InChI=1S/C17H24N2O3S/c1-2-3-6-16(20)19-17(23)18-13-7-9-14(10-8-13)22-12-15-5-4-11-21-15/h7-10,15H,2-6,11-12H2,1H3,(H2,18,19,20,23)/t15-/m1/s1. The molecule has 1 aromatic rings. The van der Waals surface area contributed by atoms with Crippen LogP contribution in [0.5, 0.6) is 5.75 Å². The van der Waals surface area contributed by atoms with E-state index in [1.807, 2.05) is 31.2 Å². The highest BCUT2D eigenvalue weighted by Crippen LogP contribution is 2.18. The minimum Gasteiger partial charge on any atom is -0.491 e. The summed E-state index contributed by atoms with van der Waals surface area (Å²) in [7, 11) is 0. The van der Waals surface area contributed by atoms with Gasteiger partial charge < -0.3 is 20.1 Å². The predicted octanol–water partition coefficient (Wildman–Crippen LogP) is 3.25. The normalized spacial score (nSPS) is 16.8. The molecule has 0 bridgehead atoms. The van der Waals surface area contributed by atoms with Crippen LogP contribution in [0.3, 0.4) is 0 Å². The monoisotopic (exact) mass is 336 g/mol. The summed E-state index contributed by atoms with van der Waals surface area (Å²) >= 11 is 5.13. The molecule has 2 N–H and O–H groups in total. The number of hydrogen-bond donors (Lipinski definition) is 2. The Kier molecular flexibility index (Phi) is 7.29. The molecule has 0 saturated carbocycles. The SMILES string of the molecule is CCCCC(=O)NC(=S)Nc1ccc(OC[C@H]2CCCO2)cc1. The number of hydrogen-bond acceptors (Lipinski definition) is 4. The van der Waals surface area contributed by atoms with E-state index in [2.05, 4.69) is 10.6 Å². The van der Waals surface area contributed by atoms with Gasteiger partial charge in [-0.25, -0.2) is 0 Å². The van der Waals surface area contributed by atoms with E-state index in [1.54, 1.807) is 0 Å². The molecule has 1 aliphatic heterocycles. The molecule has 0 radical (unpaired) electrons. The molecule has 1 amide bonds. The quantitative estimate of drug-likeness (QED) is 0.749. The molecule has 1 heterocycles. The van der Waals surface area contributed by atoms with Gasteiger partial charge in [-0.15, -0.1) is 0 Å². The summed E-state index contributed by atoms with van der Waals surface area (Å²) in [4.78, 5) is 11.6. The molecule has 0 unspecified atom stereocenters. The summed E-state index contributed by atoms with van der Waals surface area (Å²) in [5.41, 5.74) is 0.815. The smallest absolute Gasteiger partial charge is 0.226 e. The van der Waals surface area contributed by atoms with Gasteiger partial charge in [-0.05, 0) is 55.7 Å². The third-order valence-corrected chi connectivity index (χ3v) is 3.79. The van der Waals surface area contributed by atoms with Gasteiger partial charge in [0, 0.05) is 18.7 Å². The second-order valence-corrected chi connectivity index (χ2v) is 5.98. The van der Waals surface area contributed by atoms with Crippen molar-refractivity contribution in [3.63, 3.8) is 0 Å². The maximum absolute atomic E-state index is 11.6. The largest absolute Gasteiger partial charge is 0.491 e. The van der Waals surface area contributed by atoms with Crippen molar-refractivity contribution in [2.24, 2.45) is 0 Å². The first-order valence-corrected chi connectivity index (χ1v) is 8.53. The highest BCUT2D eigenvalue weighted by Gasteiger charge is 2.15. The zero-order valence-corrected chi connectivity index (χ0v) is 14.3. The lowest BCUT2D eigenvalue weighted by Gasteiger charge is -2.13. The molecule has 1 aromatic carbocycles. The Labute approximate surface area is 142 Å². The molecular formula is C17H24N2O3S. The van der Waals surface area contributed by atoms with Crippen molar-refractivity contribution in [3.8, 4) is 5.75 Å². The van der Waals surface area contributed by atoms with Crippen molar-refractivity contribution in [2.45, 2.75) is 45.1 Å². The van der Waals surface area contributed by atoms with Gasteiger partial charge in [-0.3, -0.25) is 4.79 Å². The summed E-state index contributed by atoms with van der Waals surface area (Å²) in [6, 6.07) is 7.49. The first-order valence-electron chi connectivity index (χ1n) is 8.12. The molecular weight excluding hydrogens is 312 g/mol. The van der Waals surface area contributed by atoms with Crippen molar-refractivity contribution in [1.29, 1.82) is 0 Å². The van der Waals surface area contributed by atoms with Gasteiger partial charge in [-0.2, -0.15) is 0 Å². The van der Waals surface area contributed by atoms with Crippen molar-refractivity contribution in [1.82, 2.24) is 5.32 Å². The highest BCUT2D eigenvalue weighted by atomic mass is 32.1. The van der Waals surface area contributed by atoms with Gasteiger partial charge in [0.25, 0.3) is 0 Å². The lowest BCUT2D eigenvalue weighted by atomic mass is 10.2. The number of amides is 1. The van der Waals surface area contributed by atoms with Gasteiger partial charge in [0.2, 0.25) is 5.91 Å². The fraction of sp³-hybridized carbons (Fsp3) is 0.529. The van der Waals surface area contributed by atoms with Crippen LogP contribution in [0, 0.1) is 0 Å². The number of carbonyl (C=O) groups is 1. The number of anilines is 1. The molecule has 5 nitrogen and oxygen atoms in total. The van der Waals surface area contributed by atoms with E-state index in [-0.39, 0.29) is 12.0 Å². The van der Waals surface area contributed by atoms with E-state index in [4.69, 9.17) is 21.7 Å². The van der Waals surface area contributed by atoms with E-state index >= 15 is 0 Å². The second-order valence-electron chi connectivity index (χ2n) is 5.58. The van der Waals surface area contributed by atoms with Crippen LogP contribution in [-0.2, 0) is 9.53 Å². The third-order valence-electron chi connectivity index (χ3n) is 3.58. The molecule has 1 atom stereocenters. The fourth-order valence-corrected chi connectivity index (χ4v) is 2.52. The van der Waals surface area contributed by atoms with E-state index in [9.17, 15) is 4.79 Å². The number of unbranched alkanes of at least 4 members (excludes halogenated alkanes) is 1. The van der Waals surface area contributed by atoms with Crippen LogP contribution in [0.4, 0.5) is 5.69 Å². The Bertz CT molecular complexity index is 513. The number of nitrogens with one attached hydrogen (secondary N) is 2. The molecule has 0 aromatic heterocycles. The second kappa shape index (κ2) is 9.47. The van der Waals surface area contributed by atoms with E-state index in [0.717, 1.165) is 43.7 Å². The van der Waals surface area contributed by atoms with Crippen molar-refractivity contribution < 1.29 is 14.3 Å². The Morgan fingerprint density at radius 3 is 2.83 bits per heavy atom.